The number of carbonyl (C=O) groups is 1. The first-order chi connectivity index (χ1) is 11.2. The first kappa shape index (κ1) is 15.7. The van der Waals surface area contributed by atoms with Gasteiger partial charge in [0.25, 0.3) is 5.91 Å². The molecule has 0 radical (unpaired) electrons. The highest BCUT2D eigenvalue weighted by Gasteiger charge is 2.26. The topological polar surface area (TPSA) is 37.3 Å². The first-order valence-electron chi connectivity index (χ1n) is 8.45. The number of aryl methyl sites for hydroxylation is 1. The maximum absolute atomic E-state index is 12.4. The van der Waals surface area contributed by atoms with Gasteiger partial charge in [0.15, 0.2) is 0 Å². The summed E-state index contributed by atoms with van der Waals surface area (Å²) in [6.45, 7) is 6.64. The zero-order valence-corrected chi connectivity index (χ0v) is 14.0. The van der Waals surface area contributed by atoms with Gasteiger partial charge in [-0.05, 0) is 56.5 Å². The molecule has 1 aliphatic carbocycles. The highest BCUT2D eigenvalue weighted by Crippen LogP contribution is 2.35. The van der Waals surface area contributed by atoms with E-state index in [0.717, 1.165) is 18.8 Å². The van der Waals surface area contributed by atoms with Crippen molar-refractivity contribution in [2.45, 2.75) is 32.7 Å². The van der Waals surface area contributed by atoms with E-state index in [1.165, 1.54) is 24.1 Å². The van der Waals surface area contributed by atoms with Crippen LogP contribution in [0, 0.1) is 6.92 Å². The largest absolute Gasteiger partial charge is 0.370 e. The number of likely N-dealkylation sites (N-methyl/N-ethyl adjacent to an activating group) is 1. The van der Waals surface area contributed by atoms with E-state index in [2.05, 4.69) is 52.9 Å². The smallest absolute Gasteiger partial charge is 0.267 e. The summed E-state index contributed by atoms with van der Waals surface area (Å²) in [5, 5.41) is 3.06. The zero-order valence-electron chi connectivity index (χ0n) is 14.0. The number of nitrogens with zero attached hydrogens (tertiary/aromatic N) is 2. The predicted octanol–water partition coefficient (Wildman–Crippen LogP) is 3.39. The monoisotopic (exact) mass is 311 g/mol. The van der Waals surface area contributed by atoms with Gasteiger partial charge in [-0.2, -0.15) is 0 Å². The molecule has 1 fully saturated rings. The molecule has 4 heteroatoms. The van der Waals surface area contributed by atoms with Crippen molar-refractivity contribution in [1.29, 1.82) is 0 Å². The maximum atomic E-state index is 12.4. The zero-order chi connectivity index (χ0) is 16.2. The van der Waals surface area contributed by atoms with E-state index in [4.69, 9.17) is 0 Å². The average Bonchev–Trinajstić information content (AvgIpc) is 3.28. The van der Waals surface area contributed by atoms with Crippen molar-refractivity contribution in [2.24, 2.45) is 0 Å². The van der Waals surface area contributed by atoms with Crippen molar-refractivity contribution in [2.75, 3.05) is 24.5 Å². The van der Waals surface area contributed by atoms with Crippen LogP contribution in [0.4, 0.5) is 5.69 Å². The van der Waals surface area contributed by atoms with Gasteiger partial charge >= 0.3 is 0 Å². The fourth-order valence-electron chi connectivity index (χ4n) is 2.95. The van der Waals surface area contributed by atoms with Gasteiger partial charge in [-0.15, -0.1) is 0 Å². The first-order valence-corrected chi connectivity index (χ1v) is 8.45. The lowest BCUT2D eigenvalue weighted by molar-refractivity contribution is 0.0945. The number of rotatable bonds is 7. The average molecular weight is 311 g/mol. The van der Waals surface area contributed by atoms with Crippen molar-refractivity contribution >= 4 is 11.6 Å². The van der Waals surface area contributed by atoms with Gasteiger partial charge in [0.05, 0.1) is 0 Å². The van der Waals surface area contributed by atoms with Crippen LogP contribution >= 0.6 is 0 Å². The molecule has 1 amide bonds. The number of hydrogen-bond acceptors (Lipinski definition) is 2. The SMILES string of the molecule is CCN(CCNC(=O)c1cccn1C1CC1)c1cccc(C)c1. The van der Waals surface area contributed by atoms with E-state index in [1.54, 1.807) is 0 Å². The Morgan fingerprint density at radius 1 is 1.30 bits per heavy atom. The minimum Gasteiger partial charge on any atom is -0.370 e. The summed E-state index contributed by atoms with van der Waals surface area (Å²) in [6.07, 6.45) is 4.38. The molecule has 0 saturated heterocycles. The fraction of sp³-hybridized carbons (Fsp3) is 0.421. The van der Waals surface area contributed by atoms with Gasteiger partial charge in [-0.3, -0.25) is 4.79 Å². The van der Waals surface area contributed by atoms with Crippen LogP contribution in [0.25, 0.3) is 0 Å². The quantitative estimate of drug-likeness (QED) is 0.851. The molecular formula is C19H25N3O. The Hall–Kier alpha value is -2.23. The van der Waals surface area contributed by atoms with E-state index in [1.807, 2.05) is 18.3 Å². The van der Waals surface area contributed by atoms with Crippen molar-refractivity contribution in [3.8, 4) is 0 Å². The molecule has 4 nitrogen and oxygen atoms in total. The molecule has 1 heterocycles. The molecule has 0 bridgehead atoms. The Bertz CT molecular complexity index is 673. The Labute approximate surface area is 138 Å². The normalized spacial score (nSPS) is 13.8. The summed E-state index contributed by atoms with van der Waals surface area (Å²) >= 11 is 0. The molecule has 0 atom stereocenters. The van der Waals surface area contributed by atoms with Crippen LogP contribution in [0.2, 0.25) is 0 Å². The molecule has 1 aromatic carbocycles. The lowest BCUT2D eigenvalue weighted by Crippen LogP contribution is -2.35. The summed E-state index contributed by atoms with van der Waals surface area (Å²) in [5.41, 5.74) is 3.25. The summed E-state index contributed by atoms with van der Waals surface area (Å²) in [7, 11) is 0. The second kappa shape index (κ2) is 6.90. The van der Waals surface area contributed by atoms with E-state index >= 15 is 0 Å². The second-order valence-electron chi connectivity index (χ2n) is 6.21. The van der Waals surface area contributed by atoms with Crippen molar-refractivity contribution in [3.05, 3.63) is 53.9 Å². The Balaban J connectivity index is 1.55. The standard InChI is InChI=1S/C19H25N3O/c1-3-21(17-7-4-6-15(2)14-17)13-11-20-19(23)18-8-5-12-22(18)16-9-10-16/h4-8,12,14,16H,3,9-11,13H2,1-2H3,(H,20,23). The third-order valence-corrected chi connectivity index (χ3v) is 4.37. The van der Waals surface area contributed by atoms with Gasteiger partial charge in [0.2, 0.25) is 0 Å². The molecular weight excluding hydrogens is 286 g/mol. The lowest BCUT2D eigenvalue weighted by Gasteiger charge is -2.23. The van der Waals surface area contributed by atoms with Crippen LogP contribution in [0.15, 0.2) is 42.6 Å². The number of anilines is 1. The van der Waals surface area contributed by atoms with Crippen molar-refractivity contribution in [3.63, 3.8) is 0 Å². The van der Waals surface area contributed by atoms with Crippen LogP contribution in [0.5, 0.6) is 0 Å². The highest BCUT2D eigenvalue weighted by molar-refractivity contribution is 5.92. The molecule has 0 spiro atoms. The molecule has 122 valence electrons. The van der Waals surface area contributed by atoms with E-state index < -0.39 is 0 Å². The number of amides is 1. The van der Waals surface area contributed by atoms with Gasteiger partial charge < -0.3 is 14.8 Å². The summed E-state index contributed by atoms with van der Waals surface area (Å²) in [6, 6.07) is 12.9. The minimum atomic E-state index is 0.0298. The molecule has 1 aromatic heterocycles. The van der Waals surface area contributed by atoms with Crippen LogP contribution < -0.4 is 10.2 Å². The Kier molecular flexibility index (Phi) is 4.70. The van der Waals surface area contributed by atoms with E-state index in [9.17, 15) is 4.79 Å². The highest BCUT2D eigenvalue weighted by atomic mass is 16.1. The van der Waals surface area contributed by atoms with Crippen LogP contribution in [-0.4, -0.2) is 30.1 Å². The van der Waals surface area contributed by atoms with E-state index in [0.29, 0.717) is 12.6 Å². The van der Waals surface area contributed by atoms with Crippen molar-refractivity contribution < 1.29 is 4.79 Å². The van der Waals surface area contributed by atoms with Crippen LogP contribution in [-0.2, 0) is 0 Å². The predicted molar refractivity (Wildman–Crippen MR) is 94.1 cm³/mol. The molecule has 1 N–H and O–H groups in total. The Morgan fingerprint density at radius 3 is 2.83 bits per heavy atom. The number of nitrogens with one attached hydrogen (secondary N) is 1. The Morgan fingerprint density at radius 2 is 2.13 bits per heavy atom. The molecule has 1 saturated carbocycles. The second-order valence-corrected chi connectivity index (χ2v) is 6.21. The van der Waals surface area contributed by atoms with Gasteiger partial charge in [-0.1, -0.05) is 12.1 Å². The lowest BCUT2D eigenvalue weighted by atomic mass is 10.2. The molecule has 1 aliphatic rings. The fourth-order valence-corrected chi connectivity index (χ4v) is 2.95. The van der Waals surface area contributed by atoms with Gasteiger partial charge in [-0.25, -0.2) is 0 Å². The van der Waals surface area contributed by atoms with Crippen LogP contribution in [0.3, 0.4) is 0 Å². The molecule has 0 aliphatic heterocycles. The van der Waals surface area contributed by atoms with Gasteiger partial charge in [0.1, 0.15) is 5.69 Å². The molecule has 2 aromatic rings. The third kappa shape index (κ3) is 3.76. The third-order valence-electron chi connectivity index (χ3n) is 4.37. The maximum Gasteiger partial charge on any atom is 0.267 e. The number of carbonyl (C=O) groups excluding carboxylic acids is 1. The summed E-state index contributed by atoms with van der Waals surface area (Å²) in [5.74, 6) is 0.0298. The van der Waals surface area contributed by atoms with Crippen molar-refractivity contribution in [1.82, 2.24) is 9.88 Å². The van der Waals surface area contributed by atoms with E-state index in [-0.39, 0.29) is 5.91 Å². The molecule has 0 unspecified atom stereocenters. The summed E-state index contributed by atoms with van der Waals surface area (Å²) < 4.78 is 2.10. The van der Waals surface area contributed by atoms with Crippen LogP contribution in [0.1, 0.15) is 41.9 Å². The molecule has 23 heavy (non-hydrogen) atoms. The van der Waals surface area contributed by atoms with Gasteiger partial charge in [0, 0.05) is 37.6 Å². The number of benzene rings is 1. The minimum absolute atomic E-state index is 0.0298. The summed E-state index contributed by atoms with van der Waals surface area (Å²) in [4.78, 5) is 14.7. The number of hydrogen-bond donors (Lipinski definition) is 1. The molecule has 3 rings (SSSR count). The number of aromatic nitrogens is 1.